The summed E-state index contributed by atoms with van der Waals surface area (Å²) in [5.74, 6) is 0.989. The first kappa shape index (κ1) is 21.8. The van der Waals surface area contributed by atoms with E-state index in [2.05, 4.69) is 54.4 Å². The average Bonchev–Trinajstić information content (AvgIpc) is 3.16. The van der Waals surface area contributed by atoms with Crippen LogP contribution in [0.5, 0.6) is 0 Å². The summed E-state index contributed by atoms with van der Waals surface area (Å²) in [6, 6.07) is 6.89. The number of amides is 1. The third kappa shape index (κ3) is 5.09. The van der Waals surface area contributed by atoms with Crippen molar-refractivity contribution >= 4 is 23.4 Å². The summed E-state index contributed by atoms with van der Waals surface area (Å²) in [6.07, 6.45) is 6.70. The number of aryl methyl sites for hydroxylation is 4. The summed E-state index contributed by atoms with van der Waals surface area (Å²) in [5, 5.41) is 8.39. The van der Waals surface area contributed by atoms with E-state index in [0.717, 1.165) is 30.7 Å². The van der Waals surface area contributed by atoms with Crippen molar-refractivity contribution in [2.24, 2.45) is 0 Å². The van der Waals surface area contributed by atoms with Crippen LogP contribution in [-0.2, 0) is 11.2 Å². The molecule has 1 aromatic carbocycles. The number of thioether (sulfide) groups is 1. The fourth-order valence-corrected chi connectivity index (χ4v) is 4.96. The Morgan fingerprint density at radius 3 is 2.68 bits per heavy atom. The molecule has 0 bridgehead atoms. The molecule has 3 aromatic rings. The Labute approximate surface area is 188 Å². The van der Waals surface area contributed by atoms with Crippen LogP contribution in [0.1, 0.15) is 65.7 Å². The Hall–Kier alpha value is -2.41. The largest absolute Gasteiger partial charge is 0.353 e. The van der Waals surface area contributed by atoms with Crippen molar-refractivity contribution in [2.75, 3.05) is 5.75 Å². The molecule has 0 unspecified atom stereocenters. The highest BCUT2D eigenvalue weighted by Crippen LogP contribution is 2.23. The molecule has 31 heavy (non-hydrogen) atoms. The Morgan fingerprint density at radius 1 is 1.13 bits per heavy atom. The lowest BCUT2D eigenvalue weighted by Gasteiger charge is -2.22. The fourth-order valence-electron chi connectivity index (χ4n) is 4.33. The van der Waals surface area contributed by atoms with Crippen LogP contribution in [0.4, 0.5) is 0 Å². The van der Waals surface area contributed by atoms with Crippen molar-refractivity contribution in [3.05, 3.63) is 51.8 Å². The molecular formula is C24H31N5OS. The Morgan fingerprint density at radius 2 is 1.90 bits per heavy atom. The first-order valence-electron chi connectivity index (χ1n) is 11.1. The predicted octanol–water partition coefficient (Wildman–Crippen LogP) is 4.49. The van der Waals surface area contributed by atoms with Crippen LogP contribution >= 0.6 is 11.8 Å². The van der Waals surface area contributed by atoms with E-state index in [1.807, 2.05) is 11.4 Å². The van der Waals surface area contributed by atoms with E-state index in [1.54, 1.807) is 0 Å². The molecule has 6 nitrogen and oxygen atoms in total. The number of hydrogen-bond acceptors (Lipinski definition) is 5. The minimum atomic E-state index is 0.0622. The first-order valence-corrected chi connectivity index (χ1v) is 12.1. The topological polar surface area (TPSA) is 72.2 Å². The predicted molar refractivity (Wildman–Crippen MR) is 125 cm³/mol. The monoisotopic (exact) mass is 437 g/mol. The number of hydrogen-bond donors (Lipinski definition) is 1. The van der Waals surface area contributed by atoms with Gasteiger partial charge in [0.25, 0.3) is 5.78 Å². The van der Waals surface area contributed by atoms with Gasteiger partial charge < -0.3 is 5.32 Å². The van der Waals surface area contributed by atoms with Crippen molar-refractivity contribution in [3.63, 3.8) is 0 Å². The van der Waals surface area contributed by atoms with Gasteiger partial charge in [-0.2, -0.15) is 4.98 Å². The summed E-state index contributed by atoms with van der Waals surface area (Å²) in [7, 11) is 0. The second-order valence-corrected chi connectivity index (χ2v) is 9.61. The lowest BCUT2D eigenvalue weighted by atomic mass is 9.95. The number of nitrogens with one attached hydrogen (secondary N) is 1. The fraction of sp³-hybridized carbons (Fsp3) is 0.500. The molecule has 7 heteroatoms. The maximum atomic E-state index is 12.3. The van der Waals surface area contributed by atoms with E-state index in [4.69, 9.17) is 4.98 Å². The Kier molecular flexibility index (Phi) is 6.60. The number of aromatic nitrogens is 4. The van der Waals surface area contributed by atoms with Crippen molar-refractivity contribution in [1.29, 1.82) is 0 Å². The number of fused-ring (bicyclic) bond motifs is 1. The highest BCUT2D eigenvalue weighted by atomic mass is 32.2. The molecule has 1 fully saturated rings. The van der Waals surface area contributed by atoms with Gasteiger partial charge in [0.15, 0.2) is 0 Å². The molecule has 2 aromatic heterocycles. The van der Waals surface area contributed by atoms with Gasteiger partial charge in [0, 0.05) is 23.9 Å². The second-order valence-electron chi connectivity index (χ2n) is 8.67. The highest BCUT2D eigenvalue weighted by molar-refractivity contribution is 7.99. The van der Waals surface area contributed by atoms with Crippen LogP contribution in [0, 0.1) is 27.7 Å². The molecule has 0 atom stereocenters. The molecule has 1 aliphatic carbocycles. The summed E-state index contributed by atoms with van der Waals surface area (Å²) < 4.78 is 1.81. The zero-order chi connectivity index (χ0) is 22.0. The number of carbonyl (C=O) groups excluding carboxylic acids is 1. The molecule has 2 heterocycles. The number of carbonyl (C=O) groups is 1. The van der Waals surface area contributed by atoms with E-state index in [-0.39, 0.29) is 5.91 Å². The van der Waals surface area contributed by atoms with Gasteiger partial charge >= 0.3 is 0 Å². The zero-order valence-corrected chi connectivity index (χ0v) is 19.7. The summed E-state index contributed by atoms with van der Waals surface area (Å²) in [4.78, 5) is 21.6. The van der Waals surface area contributed by atoms with Gasteiger partial charge in [-0.15, -0.1) is 5.10 Å². The number of benzene rings is 1. The first-order chi connectivity index (χ1) is 14.9. The maximum Gasteiger partial charge on any atom is 0.253 e. The molecule has 4 rings (SSSR count). The van der Waals surface area contributed by atoms with E-state index in [9.17, 15) is 4.79 Å². The molecule has 1 amide bonds. The van der Waals surface area contributed by atoms with Crippen LogP contribution in [0.25, 0.3) is 5.78 Å². The second kappa shape index (κ2) is 9.39. The van der Waals surface area contributed by atoms with Gasteiger partial charge in [-0.1, -0.05) is 54.8 Å². The van der Waals surface area contributed by atoms with Gasteiger partial charge in [-0.05, 0) is 57.2 Å². The minimum Gasteiger partial charge on any atom is -0.353 e. The standard InChI is InChI=1S/C24H31N5OS/c1-15-10-11-16(2)19(12-15)13-21-17(3)25-23-27-24(28-29(23)18(21)4)31-14-22(30)26-20-8-6-5-7-9-20/h10-12,20H,5-9,13-14H2,1-4H3,(H,26,30). The lowest BCUT2D eigenvalue weighted by molar-refractivity contribution is -0.119. The SMILES string of the molecule is Cc1ccc(C)c(Cc2c(C)nc3nc(SCC(=O)NC4CCCCC4)nn3c2C)c1. The number of rotatable bonds is 6. The van der Waals surface area contributed by atoms with Gasteiger partial charge in [0.1, 0.15) is 0 Å². The van der Waals surface area contributed by atoms with Gasteiger partial charge in [0.05, 0.1) is 5.75 Å². The molecule has 0 aliphatic heterocycles. The van der Waals surface area contributed by atoms with Gasteiger partial charge in [0.2, 0.25) is 11.1 Å². The summed E-state index contributed by atoms with van der Waals surface area (Å²) >= 11 is 1.38. The molecule has 1 aliphatic rings. The Balaban J connectivity index is 1.49. The van der Waals surface area contributed by atoms with E-state index >= 15 is 0 Å². The van der Waals surface area contributed by atoms with Crippen molar-refractivity contribution in [3.8, 4) is 0 Å². The van der Waals surface area contributed by atoms with Crippen molar-refractivity contribution < 1.29 is 4.79 Å². The minimum absolute atomic E-state index is 0.0622. The van der Waals surface area contributed by atoms with Crippen molar-refractivity contribution in [2.45, 2.75) is 77.4 Å². The van der Waals surface area contributed by atoms with Crippen LogP contribution in [0.15, 0.2) is 23.4 Å². The molecule has 0 radical (unpaired) electrons. The summed E-state index contributed by atoms with van der Waals surface area (Å²) in [5.41, 5.74) is 7.05. The smallest absolute Gasteiger partial charge is 0.253 e. The molecule has 0 spiro atoms. The number of nitrogens with zero attached hydrogens (tertiary/aromatic N) is 4. The third-order valence-corrected chi connectivity index (χ3v) is 7.04. The zero-order valence-electron chi connectivity index (χ0n) is 18.9. The van der Waals surface area contributed by atoms with Crippen LogP contribution in [0.2, 0.25) is 0 Å². The molecule has 0 saturated heterocycles. The molecule has 1 N–H and O–H groups in total. The van der Waals surface area contributed by atoms with Gasteiger partial charge in [-0.25, -0.2) is 9.50 Å². The Bertz CT molecular complexity index is 1100. The van der Waals surface area contributed by atoms with Gasteiger partial charge in [-0.3, -0.25) is 4.79 Å². The van der Waals surface area contributed by atoms with Crippen LogP contribution < -0.4 is 5.32 Å². The van der Waals surface area contributed by atoms with Crippen LogP contribution in [0.3, 0.4) is 0 Å². The molecular weight excluding hydrogens is 406 g/mol. The third-order valence-electron chi connectivity index (χ3n) is 6.20. The van der Waals surface area contributed by atoms with Crippen molar-refractivity contribution in [1.82, 2.24) is 24.9 Å². The summed E-state index contributed by atoms with van der Waals surface area (Å²) in [6.45, 7) is 8.37. The highest BCUT2D eigenvalue weighted by Gasteiger charge is 2.18. The van der Waals surface area contributed by atoms with Crippen LogP contribution in [-0.4, -0.2) is 37.3 Å². The molecule has 164 valence electrons. The lowest BCUT2D eigenvalue weighted by Crippen LogP contribution is -2.37. The quantitative estimate of drug-likeness (QED) is 0.575. The average molecular weight is 438 g/mol. The van der Waals surface area contributed by atoms with E-state index < -0.39 is 0 Å². The van der Waals surface area contributed by atoms with E-state index in [0.29, 0.717) is 22.7 Å². The normalized spacial score (nSPS) is 14.8. The maximum absolute atomic E-state index is 12.3. The molecule has 1 saturated carbocycles. The van der Waals surface area contributed by atoms with E-state index in [1.165, 1.54) is 53.3 Å².